The number of carbonyl (C=O) groups excluding carboxylic acids is 2. The van der Waals surface area contributed by atoms with Crippen molar-refractivity contribution in [3.05, 3.63) is 52.8 Å². The van der Waals surface area contributed by atoms with E-state index in [9.17, 15) is 9.59 Å². The number of hydrogen-bond donors (Lipinski definition) is 1. The van der Waals surface area contributed by atoms with Gasteiger partial charge in [0.15, 0.2) is 0 Å². The van der Waals surface area contributed by atoms with E-state index >= 15 is 0 Å². The largest absolute Gasteiger partial charge is 0.444 e. The number of amides is 2. The molecule has 1 aromatic carbocycles. The topological polar surface area (TPSA) is 87.8 Å². The van der Waals surface area contributed by atoms with E-state index in [4.69, 9.17) is 14.5 Å². The maximum atomic E-state index is 13.3. The van der Waals surface area contributed by atoms with Crippen LogP contribution in [-0.2, 0) is 27.2 Å². The molecule has 2 aromatic heterocycles. The Labute approximate surface area is 224 Å². The first-order chi connectivity index (χ1) is 18.0. The van der Waals surface area contributed by atoms with Gasteiger partial charge in [0.25, 0.3) is 0 Å². The summed E-state index contributed by atoms with van der Waals surface area (Å²) in [5.41, 5.74) is 6.89. The molecule has 0 unspecified atom stereocenters. The second-order valence-corrected chi connectivity index (χ2v) is 11.7. The van der Waals surface area contributed by atoms with Gasteiger partial charge in [-0.1, -0.05) is 19.9 Å². The van der Waals surface area contributed by atoms with E-state index in [0.717, 1.165) is 39.7 Å². The quantitative estimate of drug-likeness (QED) is 0.490. The van der Waals surface area contributed by atoms with E-state index in [1.807, 2.05) is 38.1 Å². The number of aromatic amines is 1. The molecule has 5 rings (SSSR count). The molecule has 4 heterocycles. The van der Waals surface area contributed by atoms with Gasteiger partial charge in [0.05, 0.1) is 19.3 Å². The Kier molecular flexibility index (Phi) is 6.94. The van der Waals surface area contributed by atoms with Crippen LogP contribution in [0.2, 0.25) is 0 Å². The minimum absolute atomic E-state index is 0.0536. The lowest BCUT2D eigenvalue weighted by Crippen LogP contribution is -2.46. The molecule has 0 aliphatic carbocycles. The third-order valence-electron chi connectivity index (χ3n) is 7.46. The summed E-state index contributed by atoms with van der Waals surface area (Å²) in [6.45, 7) is 14.1. The molecule has 202 valence electrons. The molecule has 2 amide bonds. The van der Waals surface area contributed by atoms with E-state index in [-0.39, 0.29) is 18.0 Å². The van der Waals surface area contributed by atoms with Crippen molar-refractivity contribution < 1.29 is 19.1 Å². The average molecular weight is 519 g/mol. The molecule has 1 saturated heterocycles. The normalized spacial score (nSPS) is 18.1. The smallest absolute Gasteiger partial charge is 0.410 e. The number of morpholine rings is 1. The molecular weight excluding hydrogens is 480 g/mol. The number of rotatable bonds is 3. The van der Waals surface area contributed by atoms with Crippen LogP contribution in [-0.4, -0.2) is 63.7 Å². The van der Waals surface area contributed by atoms with Crippen LogP contribution in [0.4, 0.5) is 4.79 Å². The van der Waals surface area contributed by atoms with Gasteiger partial charge in [0.2, 0.25) is 5.91 Å². The van der Waals surface area contributed by atoms with E-state index < -0.39 is 5.60 Å². The standard InChI is InChI=1S/C30H38N4O4/c1-18(2)25-15-32-28-24(25)13-22(14-31-28)21-11-20-7-8-33(19(3)35)16-26(20)23(12-21)27-17-37-10-9-34(27)29(36)38-30(4,5)6/h11-15,18,27H,7-10,16-17H2,1-6H3,(H,31,32)/t27-/m0/s1. The molecule has 0 radical (unpaired) electrons. The highest BCUT2D eigenvalue weighted by Gasteiger charge is 2.35. The van der Waals surface area contributed by atoms with E-state index in [1.54, 1.807) is 11.8 Å². The molecular formula is C30H38N4O4. The van der Waals surface area contributed by atoms with Crippen LogP contribution < -0.4 is 0 Å². The number of carbonyl (C=O) groups is 2. The van der Waals surface area contributed by atoms with Crippen molar-refractivity contribution in [1.82, 2.24) is 19.8 Å². The van der Waals surface area contributed by atoms with Gasteiger partial charge < -0.3 is 19.4 Å². The Bertz CT molecular complexity index is 1370. The summed E-state index contributed by atoms with van der Waals surface area (Å²) in [4.78, 5) is 37.2. The lowest BCUT2D eigenvalue weighted by atomic mass is 9.86. The lowest BCUT2D eigenvalue weighted by Gasteiger charge is -2.39. The predicted molar refractivity (Wildman–Crippen MR) is 147 cm³/mol. The molecule has 0 spiro atoms. The Morgan fingerprint density at radius 1 is 1.16 bits per heavy atom. The first-order valence-corrected chi connectivity index (χ1v) is 13.5. The first-order valence-electron chi connectivity index (χ1n) is 13.5. The number of ether oxygens (including phenoxy) is 2. The number of nitrogens with zero attached hydrogens (tertiary/aromatic N) is 3. The highest BCUT2D eigenvalue weighted by atomic mass is 16.6. The second-order valence-electron chi connectivity index (χ2n) is 11.7. The summed E-state index contributed by atoms with van der Waals surface area (Å²) >= 11 is 0. The highest BCUT2D eigenvalue weighted by Crippen LogP contribution is 2.37. The number of nitrogens with one attached hydrogen (secondary N) is 1. The highest BCUT2D eigenvalue weighted by molar-refractivity contribution is 5.85. The predicted octanol–water partition coefficient (Wildman–Crippen LogP) is 5.57. The Morgan fingerprint density at radius 3 is 2.66 bits per heavy atom. The Morgan fingerprint density at radius 2 is 1.95 bits per heavy atom. The van der Waals surface area contributed by atoms with Gasteiger partial charge in [-0.3, -0.25) is 9.69 Å². The average Bonchev–Trinajstić information content (AvgIpc) is 3.30. The summed E-state index contributed by atoms with van der Waals surface area (Å²) < 4.78 is 11.7. The van der Waals surface area contributed by atoms with Crippen LogP contribution in [0.15, 0.2) is 30.6 Å². The maximum Gasteiger partial charge on any atom is 0.410 e. The molecule has 0 bridgehead atoms. The molecule has 1 N–H and O–H groups in total. The van der Waals surface area contributed by atoms with Gasteiger partial charge in [-0.2, -0.15) is 0 Å². The van der Waals surface area contributed by atoms with Gasteiger partial charge in [-0.25, -0.2) is 9.78 Å². The Balaban J connectivity index is 1.63. The molecule has 3 aromatic rings. The van der Waals surface area contributed by atoms with Crippen LogP contribution >= 0.6 is 0 Å². The monoisotopic (exact) mass is 518 g/mol. The van der Waals surface area contributed by atoms with Crippen molar-refractivity contribution in [3.8, 4) is 11.1 Å². The summed E-state index contributed by atoms with van der Waals surface area (Å²) in [7, 11) is 0. The summed E-state index contributed by atoms with van der Waals surface area (Å²) in [5.74, 6) is 0.428. The summed E-state index contributed by atoms with van der Waals surface area (Å²) in [6.07, 6.45) is 4.36. The number of pyridine rings is 1. The van der Waals surface area contributed by atoms with Crippen LogP contribution in [0.1, 0.15) is 75.8 Å². The van der Waals surface area contributed by atoms with Crippen molar-refractivity contribution in [2.45, 2.75) is 72.1 Å². The van der Waals surface area contributed by atoms with Crippen LogP contribution in [0.3, 0.4) is 0 Å². The minimum Gasteiger partial charge on any atom is -0.444 e. The van der Waals surface area contributed by atoms with Gasteiger partial charge >= 0.3 is 6.09 Å². The van der Waals surface area contributed by atoms with E-state index in [2.05, 4.69) is 37.0 Å². The van der Waals surface area contributed by atoms with Crippen LogP contribution in [0, 0.1) is 0 Å². The zero-order valence-electron chi connectivity index (χ0n) is 23.3. The van der Waals surface area contributed by atoms with Gasteiger partial charge in [0, 0.05) is 49.9 Å². The summed E-state index contributed by atoms with van der Waals surface area (Å²) in [6, 6.07) is 6.27. The molecule has 2 aliphatic rings. The fraction of sp³-hybridized carbons (Fsp3) is 0.500. The molecule has 2 aliphatic heterocycles. The molecule has 1 atom stereocenters. The van der Waals surface area contributed by atoms with Crippen LogP contribution in [0.25, 0.3) is 22.2 Å². The third-order valence-corrected chi connectivity index (χ3v) is 7.46. The number of hydrogen-bond acceptors (Lipinski definition) is 5. The molecule has 1 fully saturated rings. The number of H-pyrrole nitrogens is 1. The van der Waals surface area contributed by atoms with Crippen molar-refractivity contribution in [2.24, 2.45) is 0 Å². The fourth-order valence-corrected chi connectivity index (χ4v) is 5.49. The summed E-state index contributed by atoms with van der Waals surface area (Å²) in [5, 5.41) is 1.12. The molecule has 38 heavy (non-hydrogen) atoms. The van der Waals surface area contributed by atoms with Gasteiger partial charge in [0.1, 0.15) is 11.2 Å². The number of benzene rings is 1. The maximum absolute atomic E-state index is 13.3. The van der Waals surface area contributed by atoms with Gasteiger partial charge in [-0.05, 0) is 73.1 Å². The minimum atomic E-state index is -0.599. The van der Waals surface area contributed by atoms with Crippen molar-refractivity contribution in [1.29, 1.82) is 0 Å². The third kappa shape index (κ3) is 5.14. The molecule has 0 saturated carbocycles. The SMILES string of the molecule is CC(=O)N1CCc2cc(-c3cnc4[nH]cc(C(C)C)c4c3)cc([C@@H]3COCCN3C(=O)OC(C)(C)C)c2C1. The Hall–Kier alpha value is -3.39. The molecule has 8 nitrogen and oxygen atoms in total. The van der Waals surface area contributed by atoms with Gasteiger partial charge in [-0.15, -0.1) is 0 Å². The van der Waals surface area contributed by atoms with Crippen LogP contribution in [0.5, 0.6) is 0 Å². The lowest BCUT2D eigenvalue weighted by molar-refractivity contribution is -0.129. The fourth-order valence-electron chi connectivity index (χ4n) is 5.49. The molecule has 8 heteroatoms. The van der Waals surface area contributed by atoms with E-state index in [1.165, 1.54) is 11.1 Å². The first kappa shape index (κ1) is 26.2. The number of fused-ring (bicyclic) bond motifs is 2. The van der Waals surface area contributed by atoms with Crippen molar-refractivity contribution in [2.75, 3.05) is 26.3 Å². The zero-order valence-corrected chi connectivity index (χ0v) is 23.3. The van der Waals surface area contributed by atoms with E-state index in [0.29, 0.717) is 38.8 Å². The van der Waals surface area contributed by atoms with Crippen molar-refractivity contribution in [3.63, 3.8) is 0 Å². The number of aromatic nitrogens is 2. The zero-order chi connectivity index (χ0) is 27.2. The van der Waals surface area contributed by atoms with Crippen molar-refractivity contribution >= 4 is 23.0 Å². The second kappa shape index (κ2) is 10.1.